The summed E-state index contributed by atoms with van der Waals surface area (Å²) < 4.78 is 0. The summed E-state index contributed by atoms with van der Waals surface area (Å²) >= 11 is 0. The first-order valence-electron chi connectivity index (χ1n) is 6.62. The molecular formula is C15H25N. The number of piperidine rings is 1. The molecule has 0 N–H and O–H groups in total. The highest BCUT2D eigenvalue weighted by atomic mass is 15.1. The number of nitrogens with zero attached hydrogens (tertiary/aromatic N) is 1. The highest BCUT2D eigenvalue weighted by Gasteiger charge is 2.22. The van der Waals surface area contributed by atoms with Crippen LogP contribution in [-0.4, -0.2) is 25.0 Å². The Labute approximate surface area is 100 Å². The zero-order valence-electron chi connectivity index (χ0n) is 11.0. The van der Waals surface area contributed by atoms with Gasteiger partial charge in [-0.15, -0.1) is 0 Å². The van der Waals surface area contributed by atoms with Gasteiger partial charge in [-0.2, -0.15) is 0 Å². The van der Waals surface area contributed by atoms with Gasteiger partial charge in [0.25, 0.3) is 0 Å². The van der Waals surface area contributed by atoms with E-state index < -0.39 is 0 Å². The maximum atomic E-state index is 2.50. The van der Waals surface area contributed by atoms with Crippen molar-refractivity contribution in [1.29, 1.82) is 0 Å². The van der Waals surface area contributed by atoms with Crippen LogP contribution in [0.15, 0.2) is 23.8 Å². The second kappa shape index (κ2) is 4.75. The van der Waals surface area contributed by atoms with Crippen LogP contribution in [0.3, 0.4) is 0 Å². The summed E-state index contributed by atoms with van der Waals surface area (Å²) in [6.45, 7) is 7.26. The monoisotopic (exact) mass is 219 g/mol. The first-order valence-corrected chi connectivity index (χ1v) is 6.62. The van der Waals surface area contributed by atoms with Gasteiger partial charge in [-0.1, -0.05) is 32.1 Å². The Balaban J connectivity index is 2.01. The minimum atomic E-state index is 0.462. The quantitative estimate of drug-likeness (QED) is 0.651. The molecule has 16 heavy (non-hydrogen) atoms. The molecule has 0 aromatic heterocycles. The zero-order valence-corrected chi connectivity index (χ0v) is 11.0. The van der Waals surface area contributed by atoms with Gasteiger partial charge in [0, 0.05) is 0 Å². The highest BCUT2D eigenvalue weighted by molar-refractivity contribution is 5.25. The molecule has 0 unspecified atom stereocenters. The summed E-state index contributed by atoms with van der Waals surface area (Å²) in [6, 6.07) is 0. The lowest BCUT2D eigenvalue weighted by Gasteiger charge is -2.29. The summed E-state index contributed by atoms with van der Waals surface area (Å²) in [4.78, 5) is 2.45. The van der Waals surface area contributed by atoms with Crippen LogP contribution >= 0.6 is 0 Å². The molecule has 0 spiro atoms. The molecule has 1 nitrogen and oxygen atoms in total. The maximum absolute atomic E-state index is 2.50. The lowest BCUT2D eigenvalue weighted by atomic mass is 9.85. The molecular weight excluding hydrogens is 194 g/mol. The lowest BCUT2D eigenvalue weighted by molar-refractivity contribution is 0.239. The van der Waals surface area contributed by atoms with E-state index in [2.05, 4.69) is 44.0 Å². The topological polar surface area (TPSA) is 3.24 Å². The van der Waals surface area contributed by atoms with E-state index in [1.165, 1.54) is 38.8 Å². The molecule has 1 fully saturated rings. The van der Waals surface area contributed by atoms with Gasteiger partial charge in [0.05, 0.1) is 0 Å². The van der Waals surface area contributed by atoms with Crippen molar-refractivity contribution in [3.63, 3.8) is 0 Å². The van der Waals surface area contributed by atoms with E-state index in [-0.39, 0.29) is 0 Å². The van der Waals surface area contributed by atoms with E-state index in [4.69, 9.17) is 0 Å². The summed E-state index contributed by atoms with van der Waals surface area (Å²) in [7, 11) is 2.23. The van der Waals surface area contributed by atoms with Gasteiger partial charge in [-0.25, -0.2) is 0 Å². The van der Waals surface area contributed by atoms with Crippen LogP contribution in [0.1, 0.15) is 39.5 Å². The van der Waals surface area contributed by atoms with Gasteiger partial charge in [0.2, 0.25) is 0 Å². The summed E-state index contributed by atoms with van der Waals surface area (Å²) in [5, 5.41) is 0. The van der Waals surface area contributed by atoms with Gasteiger partial charge in [-0.05, 0) is 62.7 Å². The smallest absolute Gasteiger partial charge is 0.00159 e. The number of hydrogen-bond acceptors (Lipinski definition) is 1. The molecule has 0 aromatic rings. The standard InChI is InChI=1S/C15H25N/c1-15(2)9-4-5-13(6-10-15)14-7-11-16(3)12-8-14/h4-6,14H,7-12H2,1-3H3. The van der Waals surface area contributed by atoms with E-state index in [1.807, 2.05) is 0 Å². The molecule has 1 aliphatic heterocycles. The van der Waals surface area contributed by atoms with Crippen LogP contribution in [-0.2, 0) is 0 Å². The fraction of sp³-hybridized carbons (Fsp3) is 0.733. The van der Waals surface area contributed by atoms with Crippen molar-refractivity contribution in [2.24, 2.45) is 11.3 Å². The summed E-state index contributed by atoms with van der Waals surface area (Å²) in [5.74, 6) is 0.821. The average Bonchev–Trinajstić information content (AvgIpc) is 2.41. The first kappa shape index (κ1) is 11.9. The van der Waals surface area contributed by atoms with E-state index in [9.17, 15) is 0 Å². The maximum Gasteiger partial charge on any atom is -0.00159 e. The molecule has 1 heterocycles. The van der Waals surface area contributed by atoms with Gasteiger partial charge in [-0.3, -0.25) is 0 Å². The van der Waals surface area contributed by atoms with Crippen molar-refractivity contribution < 1.29 is 0 Å². The Bertz CT molecular complexity index is 291. The molecule has 1 heteroatoms. The molecule has 2 rings (SSSR count). The molecule has 0 amide bonds. The van der Waals surface area contributed by atoms with Crippen molar-refractivity contribution in [3.05, 3.63) is 23.8 Å². The number of hydrogen-bond donors (Lipinski definition) is 0. The van der Waals surface area contributed by atoms with Crippen molar-refractivity contribution in [3.8, 4) is 0 Å². The Morgan fingerprint density at radius 1 is 1.19 bits per heavy atom. The fourth-order valence-corrected chi connectivity index (χ4v) is 2.70. The van der Waals surface area contributed by atoms with Gasteiger partial charge in [0.1, 0.15) is 0 Å². The number of likely N-dealkylation sites (tertiary alicyclic amines) is 1. The van der Waals surface area contributed by atoms with Crippen LogP contribution in [0, 0.1) is 11.3 Å². The van der Waals surface area contributed by atoms with Crippen molar-refractivity contribution in [1.82, 2.24) is 4.90 Å². The molecule has 2 aliphatic rings. The minimum Gasteiger partial charge on any atom is -0.306 e. The van der Waals surface area contributed by atoms with Crippen LogP contribution in [0.25, 0.3) is 0 Å². The van der Waals surface area contributed by atoms with Gasteiger partial charge < -0.3 is 4.90 Å². The van der Waals surface area contributed by atoms with Crippen LogP contribution in [0.4, 0.5) is 0 Å². The van der Waals surface area contributed by atoms with Crippen molar-refractivity contribution in [2.75, 3.05) is 20.1 Å². The normalized spacial score (nSPS) is 27.6. The molecule has 0 atom stereocenters. The molecule has 1 saturated heterocycles. The third kappa shape index (κ3) is 2.98. The second-order valence-corrected chi connectivity index (χ2v) is 6.26. The van der Waals surface area contributed by atoms with E-state index in [0.29, 0.717) is 5.41 Å². The Kier molecular flexibility index (Phi) is 3.53. The molecule has 0 bridgehead atoms. The Morgan fingerprint density at radius 3 is 2.56 bits per heavy atom. The average molecular weight is 219 g/mol. The van der Waals surface area contributed by atoms with Crippen LogP contribution in [0.2, 0.25) is 0 Å². The van der Waals surface area contributed by atoms with Crippen molar-refractivity contribution >= 4 is 0 Å². The van der Waals surface area contributed by atoms with Crippen molar-refractivity contribution in [2.45, 2.75) is 39.5 Å². The second-order valence-electron chi connectivity index (χ2n) is 6.26. The predicted molar refractivity (Wildman–Crippen MR) is 70.5 cm³/mol. The van der Waals surface area contributed by atoms with E-state index in [1.54, 1.807) is 5.57 Å². The molecule has 90 valence electrons. The van der Waals surface area contributed by atoms with E-state index in [0.717, 1.165) is 5.92 Å². The number of rotatable bonds is 1. The SMILES string of the molecule is CN1CCC(C2=CCC(C)(C)CC=C2)CC1. The zero-order chi connectivity index (χ0) is 11.6. The minimum absolute atomic E-state index is 0.462. The van der Waals surface area contributed by atoms with Gasteiger partial charge in [0.15, 0.2) is 0 Å². The Hall–Kier alpha value is -0.560. The Morgan fingerprint density at radius 2 is 1.88 bits per heavy atom. The third-order valence-electron chi connectivity index (χ3n) is 4.06. The molecule has 1 aliphatic carbocycles. The van der Waals surface area contributed by atoms with Crippen LogP contribution < -0.4 is 0 Å². The van der Waals surface area contributed by atoms with E-state index >= 15 is 0 Å². The summed E-state index contributed by atoms with van der Waals surface area (Å²) in [5.41, 5.74) is 2.07. The number of allylic oxidation sites excluding steroid dienone is 4. The fourth-order valence-electron chi connectivity index (χ4n) is 2.70. The largest absolute Gasteiger partial charge is 0.306 e. The first-order chi connectivity index (χ1) is 7.57. The molecule has 0 radical (unpaired) electrons. The lowest BCUT2D eigenvalue weighted by Crippen LogP contribution is -2.30. The molecule has 0 aromatic carbocycles. The third-order valence-corrected chi connectivity index (χ3v) is 4.06. The van der Waals surface area contributed by atoms with Gasteiger partial charge >= 0.3 is 0 Å². The predicted octanol–water partition coefficient (Wildman–Crippen LogP) is 3.63. The molecule has 0 saturated carbocycles. The summed E-state index contributed by atoms with van der Waals surface area (Å²) in [6.07, 6.45) is 12.4. The van der Waals surface area contributed by atoms with Crippen LogP contribution in [0.5, 0.6) is 0 Å². The highest BCUT2D eigenvalue weighted by Crippen LogP contribution is 2.33.